The standard InChI is InChI=1S/C66H115N2O6P/c1-6-8-10-12-14-16-18-20-22-24-26-27-28-29-30-31-32-33-34-35-36-37-38-39-40-41-42-44-46-48-50-52-54-56-58-60-66(70)67-64(63-74-75(71,72)73-62-61-68(3,4)5)65(69)59-57-55-53-51-49-47-45-43-25-23-21-19-17-15-13-11-9-7-2/h8,10,14,16,20,22,26-27,29-30,32-33,35-36,38-39,41-42,57,59,64-65,69H,6-7,9,11-13,15,17-19,21,23-25,28,31,34,37,40,43-56,58,60-63H2,1-5H3,(H-,67,70,71,72)/p+1/b10-8-,16-14-,22-20-,27-26-,30-29-,33-32-,36-35-,39-38-,42-41-,59-57+. The minimum atomic E-state index is -4.36. The van der Waals surface area contributed by atoms with Crippen LogP contribution in [-0.2, 0) is 18.4 Å². The third-order valence-corrected chi connectivity index (χ3v) is 13.9. The topological polar surface area (TPSA) is 105 Å². The van der Waals surface area contributed by atoms with Crippen LogP contribution < -0.4 is 5.32 Å². The molecule has 0 aliphatic heterocycles. The van der Waals surface area contributed by atoms with E-state index in [-0.39, 0.29) is 19.1 Å². The molecular formula is C66H116N2O6P+. The molecule has 8 nitrogen and oxygen atoms in total. The highest BCUT2D eigenvalue weighted by molar-refractivity contribution is 7.47. The minimum Gasteiger partial charge on any atom is -0.387 e. The number of carbonyl (C=O) groups is 1. The third kappa shape index (κ3) is 58.4. The van der Waals surface area contributed by atoms with E-state index in [1.807, 2.05) is 27.2 Å². The van der Waals surface area contributed by atoms with Crippen molar-refractivity contribution in [3.05, 3.63) is 122 Å². The van der Waals surface area contributed by atoms with E-state index in [4.69, 9.17) is 9.05 Å². The van der Waals surface area contributed by atoms with Crippen LogP contribution in [0.15, 0.2) is 122 Å². The summed E-state index contributed by atoms with van der Waals surface area (Å²) < 4.78 is 23.7. The molecule has 9 heteroatoms. The van der Waals surface area contributed by atoms with E-state index in [2.05, 4.69) is 129 Å². The van der Waals surface area contributed by atoms with Gasteiger partial charge in [0.1, 0.15) is 13.2 Å². The van der Waals surface area contributed by atoms with Gasteiger partial charge in [-0.25, -0.2) is 4.57 Å². The molecular weight excluding hydrogens is 948 g/mol. The smallest absolute Gasteiger partial charge is 0.387 e. The first kappa shape index (κ1) is 71.9. The van der Waals surface area contributed by atoms with Crippen molar-refractivity contribution in [2.24, 2.45) is 0 Å². The Morgan fingerprint density at radius 3 is 1.17 bits per heavy atom. The number of unbranched alkanes of at least 4 members (excludes halogenated alkanes) is 23. The highest BCUT2D eigenvalue weighted by Crippen LogP contribution is 2.43. The molecule has 0 aromatic carbocycles. The second kappa shape index (κ2) is 55.6. The van der Waals surface area contributed by atoms with Crippen LogP contribution in [-0.4, -0.2) is 73.4 Å². The third-order valence-electron chi connectivity index (χ3n) is 12.9. The number of aliphatic hydroxyl groups excluding tert-OH is 1. The maximum atomic E-state index is 13.0. The largest absolute Gasteiger partial charge is 0.472 e. The van der Waals surface area contributed by atoms with Gasteiger partial charge in [0.25, 0.3) is 0 Å². The number of phosphoric ester groups is 1. The normalized spacial score (nSPS) is 14.7. The molecule has 3 N–H and O–H groups in total. The van der Waals surface area contributed by atoms with E-state index in [0.29, 0.717) is 17.4 Å². The summed E-state index contributed by atoms with van der Waals surface area (Å²) >= 11 is 0. The molecule has 0 aliphatic rings. The first-order chi connectivity index (χ1) is 36.5. The fourth-order valence-electron chi connectivity index (χ4n) is 8.21. The molecule has 0 aromatic heterocycles. The molecule has 0 aromatic rings. The van der Waals surface area contributed by atoms with Crippen molar-refractivity contribution < 1.29 is 32.9 Å². The van der Waals surface area contributed by atoms with Gasteiger partial charge in [-0.2, -0.15) is 0 Å². The number of allylic oxidation sites excluding steroid dienone is 19. The maximum absolute atomic E-state index is 13.0. The van der Waals surface area contributed by atoms with Gasteiger partial charge in [-0.05, 0) is 89.9 Å². The summed E-state index contributed by atoms with van der Waals surface area (Å²) in [6, 6.07) is -0.862. The summed E-state index contributed by atoms with van der Waals surface area (Å²) in [4.78, 5) is 23.3. The number of phosphoric acid groups is 1. The first-order valence-corrected chi connectivity index (χ1v) is 31.9. The van der Waals surface area contributed by atoms with E-state index < -0.39 is 20.0 Å². The Bertz CT molecular complexity index is 1630. The monoisotopic (exact) mass is 1060 g/mol. The van der Waals surface area contributed by atoms with E-state index in [9.17, 15) is 19.4 Å². The molecule has 0 saturated carbocycles. The molecule has 75 heavy (non-hydrogen) atoms. The summed E-state index contributed by atoms with van der Waals surface area (Å²) in [5, 5.41) is 13.9. The Morgan fingerprint density at radius 2 is 0.800 bits per heavy atom. The lowest BCUT2D eigenvalue weighted by Crippen LogP contribution is -2.45. The van der Waals surface area contributed by atoms with Crippen LogP contribution in [0.5, 0.6) is 0 Å². The highest BCUT2D eigenvalue weighted by atomic mass is 31.2. The van der Waals surface area contributed by atoms with Gasteiger partial charge in [-0.1, -0.05) is 264 Å². The van der Waals surface area contributed by atoms with Gasteiger partial charge in [0.15, 0.2) is 0 Å². The fraction of sp³-hybridized carbons (Fsp3) is 0.682. The molecule has 0 heterocycles. The Morgan fingerprint density at radius 1 is 0.467 bits per heavy atom. The number of hydrogen-bond donors (Lipinski definition) is 3. The molecule has 0 fully saturated rings. The average Bonchev–Trinajstić information content (AvgIpc) is 3.37. The maximum Gasteiger partial charge on any atom is 0.472 e. The van der Waals surface area contributed by atoms with E-state index in [1.165, 1.54) is 109 Å². The number of carbonyl (C=O) groups excluding carboxylic acids is 1. The van der Waals surface area contributed by atoms with Gasteiger partial charge in [0.2, 0.25) is 5.91 Å². The first-order valence-electron chi connectivity index (χ1n) is 30.4. The SMILES string of the molecule is CC/C=C\C/C=C\C/C=C\C/C=C\C/C=C\C/C=C\C/C=C\C/C=C\C/C=C\CCCCCCCCCC(=O)NC(COP(=O)(O)OCC[N+](C)(C)C)C(O)/C=C/CCCCCCCCCCCCCCCCCC. The second-order valence-electron chi connectivity index (χ2n) is 21.3. The van der Waals surface area contributed by atoms with Crippen molar-refractivity contribution in [2.75, 3.05) is 40.9 Å². The Labute approximate surface area is 463 Å². The van der Waals surface area contributed by atoms with Crippen molar-refractivity contribution in [3.63, 3.8) is 0 Å². The lowest BCUT2D eigenvalue weighted by Gasteiger charge is -2.25. The predicted molar refractivity (Wildman–Crippen MR) is 327 cm³/mol. The van der Waals surface area contributed by atoms with Crippen molar-refractivity contribution in [3.8, 4) is 0 Å². The van der Waals surface area contributed by atoms with E-state index in [0.717, 1.165) is 109 Å². The molecule has 0 radical (unpaired) electrons. The number of likely N-dealkylation sites (N-methyl/N-ethyl adjacent to an activating group) is 1. The second-order valence-corrected chi connectivity index (χ2v) is 22.8. The van der Waals surface area contributed by atoms with Crippen molar-refractivity contribution in [1.29, 1.82) is 0 Å². The molecule has 0 saturated heterocycles. The molecule has 0 bridgehead atoms. The van der Waals surface area contributed by atoms with Crippen molar-refractivity contribution in [1.82, 2.24) is 5.32 Å². The van der Waals surface area contributed by atoms with Crippen molar-refractivity contribution in [2.45, 2.75) is 251 Å². The van der Waals surface area contributed by atoms with Crippen LogP contribution in [0.2, 0.25) is 0 Å². The Balaban J connectivity index is 4.22. The van der Waals surface area contributed by atoms with Crippen LogP contribution in [0.4, 0.5) is 0 Å². The zero-order valence-corrected chi connectivity index (χ0v) is 49.9. The number of rotatable bonds is 54. The molecule has 0 aliphatic carbocycles. The Kier molecular flexibility index (Phi) is 53.3. The fourth-order valence-corrected chi connectivity index (χ4v) is 8.95. The number of hydrogen-bond acceptors (Lipinski definition) is 5. The predicted octanol–water partition coefficient (Wildman–Crippen LogP) is 18.9. The Hall–Kier alpha value is -3.10. The van der Waals surface area contributed by atoms with Gasteiger partial charge < -0.3 is 19.8 Å². The summed E-state index contributed by atoms with van der Waals surface area (Å²) in [6.45, 7) is 4.69. The zero-order chi connectivity index (χ0) is 54.9. The summed E-state index contributed by atoms with van der Waals surface area (Å²) in [5.74, 6) is -0.192. The summed E-state index contributed by atoms with van der Waals surface area (Å²) in [7, 11) is 1.55. The number of quaternary nitrogens is 1. The van der Waals surface area contributed by atoms with E-state index >= 15 is 0 Å². The zero-order valence-electron chi connectivity index (χ0n) is 49.0. The van der Waals surface area contributed by atoms with Gasteiger partial charge in [-0.15, -0.1) is 0 Å². The molecule has 430 valence electrons. The van der Waals surface area contributed by atoms with Crippen LogP contribution in [0, 0.1) is 0 Å². The summed E-state index contributed by atoms with van der Waals surface area (Å²) in [5.41, 5.74) is 0. The molecule has 0 spiro atoms. The van der Waals surface area contributed by atoms with Crippen molar-refractivity contribution >= 4 is 13.7 Å². The molecule has 3 atom stereocenters. The van der Waals surface area contributed by atoms with Crippen LogP contribution in [0.1, 0.15) is 239 Å². The lowest BCUT2D eigenvalue weighted by molar-refractivity contribution is -0.870. The quantitative estimate of drug-likeness (QED) is 0.0243. The lowest BCUT2D eigenvalue weighted by atomic mass is 10.0. The number of amides is 1. The van der Waals surface area contributed by atoms with Crippen LogP contribution in [0.3, 0.4) is 0 Å². The number of nitrogens with zero attached hydrogens (tertiary/aromatic N) is 1. The van der Waals surface area contributed by atoms with Crippen LogP contribution in [0.25, 0.3) is 0 Å². The number of nitrogens with one attached hydrogen (secondary N) is 1. The van der Waals surface area contributed by atoms with Gasteiger partial charge in [0, 0.05) is 6.42 Å². The van der Waals surface area contributed by atoms with Gasteiger partial charge >= 0.3 is 7.82 Å². The minimum absolute atomic E-state index is 0.0533. The average molecular weight is 1060 g/mol. The molecule has 1 amide bonds. The van der Waals surface area contributed by atoms with Gasteiger partial charge in [0.05, 0.1) is 39.9 Å². The van der Waals surface area contributed by atoms with Crippen LogP contribution >= 0.6 is 7.82 Å². The molecule has 0 rings (SSSR count). The highest BCUT2D eigenvalue weighted by Gasteiger charge is 2.27. The summed E-state index contributed by atoms with van der Waals surface area (Å²) in [6.07, 6.45) is 83.0. The van der Waals surface area contributed by atoms with Gasteiger partial charge in [-0.3, -0.25) is 13.8 Å². The molecule has 3 unspecified atom stereocenters. The van der Waals surface area contributed by atoms with E-state index in [1.54, 1.807) is 6.08 Å². The number of aliphatic hydroxyl groups is 1.